The van der Waals surface area contributed by atoms with Gasteiger partial charge in [-0.3, -0.25) is 4.79 Å². The van der Waals surface area contributed by atoms with Gasteiger partial charge in [0.05, 0.1) is 19.1 Å². The van der Waals surface area contributed by atoms with Gasteiger partial charge in [0.1, 0.15) is 30.8 Å². The Morgan fingerprint density at radius 3 is 2.71 bits per heavy atom. The van der Waals surface area contributed by atoms with Gasteiger partial charge in [-0.1, -0.05) is 13.0 Å². The van der Waals surface area contributed by atoms with Crippen molar-refractivity contribution >= 4 is 5.91 Å². The molecule has 0 bridgehead atoms. The predicted octanol–water partition coefficient (Wildman–Crippen LogP) is 2.88. The summed E-state index contributed by atoms with van der Waals surface area (Å²) >= 11 is 0. The molecule has 3 unspecified atom stereocenters. The third-order valence-electron chi connectivity index (χ3n) is 6.27. The van der Waals surface area contributed by atoms with Gasteiger partial charge in [0.25, 0.3) is 0 Å². The molecule has 3 N–H and O–H groups in total. The van der Waals surface area contributed by atoms with E-state index in [-0.39, 0.29) is 24.7 Å². The summed E-state index contributed by atoms with van der Waals surface area (Å²) in [5.74, 6) is 2.43. The number of hydrogen-bond donors (Lipinski definition) is 3. The second-order valence-corrected chi connectivity index (χ2v) is 9.12. The van der Waals surface area contributed by atoms with E-state index in [9.17, 15) is 15.0 Å². The van der Waals surface area contributed by atoms with Crippen LogP contribution in [0.4, 0.5) is 0 Å². The molecule has 2 aromatic carbocycles. The van der Waals surface area contributed by atoms with E-state index in [4.69, 9.17) is 14.2 Å². The number of piperidine rings is 1. The average molecular weight is 471 g/mol. The van der Waals surface area contributed by atoms with E-state index in [0.717, 1.165) is 19.5 Å². The van der Waals surface area contributed by atoms with E-state index in [1.807, 2.05) is 6.07 Å². The van der Waals surface area contributed by atoms with Gasteiger partial charge in [0, 0.05) is 13.1 Å². The lowest BCUT2D eigenvalue weighted by Gasteiger charge is -2.35. The van der Waals surface area contributed by atoms with E-state index in [2.05, 4.69) is 17.1 Å². The summed E-state index contributed by atoms with van der Waals surface area (Å²) in [6.07, 6.45) is 1.58. The van der Waals surface area contributed by atoms with Gasteiger partial charge in [-0.25, -0.2) is 0 Å². The Morgan fingerprint density at radius 2 is 1.94 bits per heavy atom. The Bertz CT molecular complexity index is 951. The average Bonchev–Trinajstić information content (AvgIpc) is 2.84. The van der Waals surface area contributed by atoms with Gasteiger partial charge < -0.3 is 34.6 Å². The van der Waals surface area contributed by atoms with Crippen LogP contribution in [0.3, 0.4) is 0 Å². The van der Waals surface area contributed by atoms with Crippen molar-refractivity contribution in [2.24, 2.45) is 5.92 Å². The second kappa shape index (κ2) is 11.4. The number of aliphatic hydroxyl groups excluding tert-OH is 1. The van der Waals surface area contributed by atoms with E-state index in [1.165, 1.54) is 18.6 Å². The van der Waals surface area contributed by atoms with Crippen LogP contribution in [0.15, 0.2) is 42.5 Å². The highest BCUT2D eigenvalue weighted by molar-refractivity contribution is 5.76. The van der Waals surface area contributed by atoms with E-state index in [0.29, 0.717) is 48.5 Å². The van der Waals surface area contributed by atoms with Crippen LogP contribution >= 0.6 is 0 Å². The topological polar surface area (TPSA) is 100 Å². The maximum atomic E-state index is 12.8. The van der Waals surface area contributed by atoms with Crippen LogP contribution in [-0.2, 0) is 4.79 Å². The highest BCUT2D eigenvalue weighted by Gasteiger charge is 2.28. The first kappa shape index (κ1) is 24.2. The van der Waals surface area contributed by atoms with Crippen LogP contribution in [0.25, 0.3) is 0 Å². The Kier molecular flexibility index (Phi) is 8.13. The van der Waals surface area contributed by atoms with Crippen molar-refractivity contribution in [1.82, 2.24) is 10.2 Å². The van der Waals surface area contributed by atoms with Crippen molar-refractivity contribution in [1.29, 1.82) is 0 Å². The zero-order valence-corrected chi connectivity index (χ0v) is 19.6. The number of nitrogens with zero attached hydrogens (tertiary/aromatic N) is 1. The number of rotatable bonds is 9. The van der Waals surface area contributed by atoms with Crippen LogP contribution in [0.2, 0.25) is 0 Å². The minimum Gasteiger partial charge on any atom is -0.508 e. The van der Waals surface area contributed by atoms with Crippen molar-refractivity contribution in [3.8, 4) is 23.0 Å². The zero-order valence-electron chi connectivity index (χ0n) is 19.6. The number of phenols is 1. The van der Waals surface area contributed by atoms with E-state index < -0.39 is 12.1 Å². The first-order chi connectivity index (χ1) is 16.5. The molecule has 0 aliphatic carbocycles. The van der Waals surface area contributed by atoms with Gasteiger partial charge in [-0.15, -0.1) is 0 Å². The number of benzene rings is 2. The highest BCUT2D eigenvalue weighted by atomic mass is 16.6. The van der Waals surface area contributed by atoms with Gasteiger partial charge in [-0.05, 0) is 67.3 Å². The third kappa shape index (κ3) is 6.55. The zero-order chi connectivity index (χ0) is 23.9. The Labute approximate surface area is 200 Å². The number of fused-ring (bicyclic) bond motifs is 1. The third-order valence-corrected chi connectivity index (χ3v) is 6.27. The number of aliphatic hydroxyl groups is 1. The quantitative estimate of drug-likeness (QED) is 0.518. The Balaban J connectivity index is 1.40. The van der Waals surface area contributed by atoms with Crippen molar-refractivity contribution in [3.05, 3.63) is 48.0 Å². The number of carbonyl (C=O) groups excluding carboxylic acids is 1. The summed E-state index contributed by atoms with van der Waals surface area (Å²) in [4.78, 5) is 15.1. The number of nitrogens with one attached hydrogen (secondary N) is 1. The fourth-order valence-electron chi connectivity index (χ4n) is 4.51. The number of hydrogen-bond acceptors (Lipinski definition) is 7. The summed E-state index contributed by atoms with van der Waals surface area (Å²) in [5.41, 5.74) is 0.681. The molecular formula is C26H34N2O6. The van der Waals surface area contributed by atoms with E-state index >= 15 is 0 Å². The number of aromatic hydroxyl groups is 1. The molecule has 0 saturated carbocycles. The maximum Gasteiger partial charge on any atom is 0.223 e. The minimum atomic E-state index is -0.893. The standard InChI is InChI=1S/C26H34N2O6/c1-18-3-2-11-28(16-18)17-22(26(31)19-4-9-23-24(15-19)34-14-13-33-23)27-25(30)10-12-32-21-7-5-20(29)6-8-21/h4-9,15,18,22,26,29,31H,2-3,10-14,16-17H2,1H3,(H,27,30). The molecule has 0 radical (unpaired) electrons. The minimum absolute atomic E-state index is 0.154. The van der Waals surface area contributed by atoms with E-state index in [1.54, 1.807) is 24.3 Å². The molecular weight excluding hydrogens is 436 g/mol. The molecule has 2 heterocycles. The monoisotopic (exact) mass is 470 g/mol. The van der Waals surface area contributed by atoms with Gasteiger partial charge in [-0.2, -0.15) is 0 Å². The summed E-state index contributed by atoms with van der Waals surface area (Å²) < 4.78 is 16.9. The molecule has 2 aromatic rings. The van der Waals surface area contributed by atoms with Crippen molar-refractivity contribution in [2.75, 3.05) is 39.5 Å². The largest absolute Gasteiger partial charge is 0.508 e. The molecule has 1 saturated heterocycles. The number of phenolic OH excluding ortho intramolecular Hbond substituents is 1. The van der Waals surface area contributed by atoms with Crippen LogP contribution in [0, 0.1) is 5.92 Å². The van der Waals surface area contributed by atoms with Crippen LogP contribution in [-0.4, -0.2) is 66.5 Å². The van der Waals surface area contributed by atoms with Crippen LogP contribution < -0.4 is 19.5 Å². The number of amides is 1. The molecule has 2 aliphatic heterocycles. The molecule has 8 heteroatoms. The summed E-state index contributed by atoms with van der Waals surface area (Å²) in [7, 11) is 0. The van der Waals surface area contributed by atoms with Crippen molar-refractivity contribution in [3.63, 3.8) is 0 Å². The smallest absolute Gasteiger partial charge is 0.223 e. The number of ether oxygens (including phenoxy) is 3. The molecule has 1 amide bonds. The molecule has 0 aromatic heterocycles. The first-order valence-electron chi connectivity index (χ1n) is 12.0. The fourth-order valence-corrected chi connectivity index (χ4v) is 4.51. The molecule has 4 rings (SSSR count). The van der Waals surface area contributed by atoms with Crippen molar-refractivity contribution < 1.29 is 29.2 Å². The maximum absolute atomic E-state index is 12.8. The molecule has 8 nitrogen and oxygen atoms in total. The SMILES string of the molecule is CC1CCCN(CC(NC(=O)CCOc2ccc(O)cc2)C(O)c2ccc3c(c2)OCCO3)C1. The number of carbonyl (C=O) groups is 1. The Morgan fingerprint density at radius 1 is 1.18 bits per heavy atom. The summed E-state index contributed by atoms with van der Waals surface area (Å²) in [6, 6.07) is 11.3. The lowest BCUT2D eigenvalue weighted by Crippen LogP contribution is -2.49. The first-order valence-corrected chi connectivity index (χ1v) is 12.0. The molecule has 1 fully saturated rings. The summed E-state index contributed by atoms with van der Waals surface area (Å²) in [6.45, 7) is 5.87. The number of likely N-dealkylation sites (tertiary alicyclic amines) is 1. The second-order valence-electron chi connectivity index (χ2n) is 9.12. The molecule has 3 atom stereocenters. The van der Waals surface area contributed by atoms with Crippen molar-refractivity contribution in [2.45, 2.75) is 38.3 Å². The lowest BCUT2D eigenvalue weighted by molar-refractivity contribution is -0.123. The van der Waals surface area contributed by atoms with Gasteiger partial charge in [0.15, 0.2) is 11.5 Å². The lowest BCUT2D eigenvalue weighted by atomic mass is 9.97. The normalized spacial score (nSPS) is 19.8. The highest BCUT2D eigenvalue weighted by Crippen LogP contribution is 2.33. The molecule has 2 aliphatic rings. The van der Waals surface area contributed by atoms with Crippen LogP contribution in [0.5, 0.6) is 23.0 Å². The molecule has 0 spiro atoms. The fraction of sp³-hybridized carbons (Fsp3) is 0.500. The molecule has 184 valence electrons. The van der Waals surface area contributed by atoms with Gasteiger partial charge >= 0.3 is 0 Å². The Hall–Kier alpha value is -2.97. The summed E-state index contributed by atoms with van der Waals surface area (Å²) in [5, 5.41) is 23.7. The van der Waals surface area contributed by atoms with Crippen LogP contribution in [0.1, 0.15) is 37.9 Å². The predicted molar refractivity (Wildman–Crippen MR) is 127 cm³/mol. The van der Waals surface area contributed by atoms with Gasteiger partial charge in [0.2, 0.25) is 5.91 Å². The molecule has 34 heavy (non-hydrogen) atoms.